The lowest BCUT2D eigenvalue weighted by Gasteiger charge is -2.23. The van der Waals surface area contributed by atoms with Crippen molar-refractivity contribution in [3.05, 3.63) is 34.4 Å². The minimum atomic E-state index is -3.89. The molecule has 24 heavy (non-hydrogen) atoms. The molecule has 10 heteroatoms. The lowest BCUT2D eigenvalue weighted by atomic mass is 10.1. The van der Waals surface area contributed by atoms with E-state index in [-0.39, 0.29) is 35.5 Å². The number of sulfonamides is 1. The van der Waals surface area contributed by atoms with Crippen LogP contribution in [0, 0.1) is 10.1 Å². The van der Waals surface area contributed by atoms with Gasteiger partial charge in [0.2, 0.25) is 15.9 Å². The Hall–Kier alpha value is -2.04. The molecule has 1 amide bonds. The van der Waals surface area contributed by atoms with E-state index < -0.39 is 14.9 Å². The van der Waals surface area contributed by atoms with Crippen molar-refractivity contribution in [1.82, 2.24) is 15.4 Å². The van der Waals surface area contributed by atoms with Gasteiger partial charge in [0.25, 0.3) is 5.69 Å². The Balaban J connectivity index is 1.85. The van der Waals surface area contributed by atoms with Crippen LogP contribution in [0.25, 0.3) is 0 Å². The van der Waals surface area contributed by atoms with Crippen LogP contribution in [0.2, 0.25) is 0 Å². The number of hydrogen-bond donors (Lipinski definition) is 3. The van der Waals surface area contributed by atoms with Crippen molar-refractivity contribution in [2.45, 2.75) is 30.2 Å². The van der Waals surface area contributed by atoms with Crippen LogP contribution in [0.3, 0.4) is 0 Å². The summed E-state index contributed by atoms with van der Waals surface area (Å²) in [6, 6.07) is 4.83. The molecule has 0 aromatic heterocycles. The average molecular weight is 356 g/mol. The molecule has 1 atom stereocenters. The van der Waals surface area contributed by atoms with Gasteiger partial charge in [-0.3, -0.25) is 14.9 Å². The largest absolute Gasteiger partial charge is 0.352 e. The molecule has 2 rings (SSSR count). The van der Waals surface area contributed by atoms with Crippen LogP contribution < -0.4 is 15.4 Å². The zero-order chi connectivity index (χ0) is 17.6. The van der Waals surface area contributed by atoms with E-state index in [9.17, 15) is 23.3 Å². The molecule has 1 aromatic rings. The Labute approximate surface area is 140 Å². The minimum Gasteiger partial charge on any atom is -0.352 e. The molecular weight excluding hydrogens is 336 g/mol. The molecule has 0 unspecified atom stereocenters. The first-order chi connectivity index (χ1) is 11.4. The Morgan fingerprint density at radius 3 is 2.88 bits per heavy atom. The van der Waals surface area contributed by atoms with Gasteiger partial charge >= 0.3 is 0 Å². The summed E-state index contributed by atoms with van der Waals surface area (Å²) in [4.78, 5) is 21.7. The second-order valence-electron chi connectivity index (χ2n) is 5.51. The number of amides is 1. The number of non-ortho nitro benzene ring substituents is 1. The minimum absolute atomic E-state index is 0.00462. The molecule has 132 valence electrons. The van der Waals surface area contributed by atoms with Gasteiger partial charge in [-0.05, 0) is 25.5 Å². The van der Waals surface area contributed by atoms with Crippen LogP contribution in [-0.2, 0) is 14.8 Å². The Morgan fingerprint density at radius 2 is 2.21 bits per heavy atom. The van der Waals surface area contributed by atoms with E-state index in [1.807, 2.05) is 0 Å². The van der Waals surface area contributed by atoms with E-state index in [0.29, 0.717) is 6.54 Å². The molecular formula is C14H20N4O5S. The van der Waals surface area contributed by atoms with Gasteiger partial charge in [0.15, 0.2) is 0 Å². The summed E-state index contributed by atoms with van der Waals surface area (Å²) in [6.07, 6.45) is 1.90. The molecule has 1 aliphatic rings. The number of nitrogens with one attached hydrogen (secondary N) is 3. The van der Waals surface area contributed by atoms with Crippen molar-refractivity contribution in [3.63, 3.8) is 0 Å². The SMILES string of the molecule is O=C(CCNS(=O)(=O)c1cccc([N+](=O)[O-])c1)N[C@H]1CCCNC1. The fourth-order valence-corrected chi connectivity index (χ4v) is 3.49. The maximum Gasteiger partial charge on any atom is 0.270 e. The average Bonchev–Trinajstić information content (AvgIpc) is 2.55. The summed E-state index contributed by atoms with van der Waals surface area (Å²) in [7, 11) is -3.89. The Kier molecular flexibility index (Phi) is 6.23. The lowest BCUT2D eigenvalue weighted by Crippen LogP contribution is -2.46. The number of nitro groups is 1. The van der Waals surface area contributed by atoms with E-state index in [0.717, 1.165) is 25.5 Å². The molecule has 1 aliphatic heterocycles. The number of carbonyl (C=O) groups is 1. The van der Waals surface area contributed by atoms with Crippen LogP contribution in [0.1, 0.15) is 19.3 Å². The molecule has 9 nitrogen and oxygen atoms in total. The topological polar surface area (TPSA) is 130 Å². The van der Waals surface area contributed by atoms with E-state index in [2.05, 4.69) is 15.4 Å². The second kappa shape index (κ2) is 8.18. The van der Waals surface area contributed by atoms with Crippen LogP contribution >= 0.6 is 0 Å². The normalized spacial score (nSPS) is 18.1. The van der Waals surface area contributed by atoms with Crippen LogP contribution in [0.4, 0.5) is 5.69 Å². The molecule has 1 fully saturated rings. The van der Waals surface area contributed by atoms with Gasteiger partial charge in [-0.1, -0.05) is 6.07 Å². The number of nitro benzene ring substituents is 1. The molecule has 1 aromatic carbocycles. The van der Waals surface area contributed by atoms with E-state index in [4.69, 9.17) is 0 Å². The smallest absolute Gasteiger partial charge is 0.270 e. The molecule has 0 aliphatic carbocycles. The van der Waals surface area contributed by atoms with E-state index in [1.54, 1.807) is 0 Å². The number of nitrogens with zero attached hydrogens (tertiary/aromatic N) is 1. The van der Waals surface area contributed by atoms with Crippen LogP contribution in [-0.4, -0.2) is 44.9 Å². The van der Waals surface area contributed by atoms with Crippen molar-refractivity contribution in [2.75, 3.05) is 19.6 Å². The third-order valence-electron chi connectivity index (χ3n) is 3.64. The number of piperidine rings is 1. The maximum atomic E-state index is 12.1. The van der Waals surface area contributed by atoms with Gasteiger partial charge in [-0.15, -0.1) is 0 Å². The fourth-order valence-electron chi connectivity index (χ4n) is 2.42. The highest BCUT2D eigenvalue weighted by atomic mass is 32.2. The van der Waals surface area contributed by atoms with Gasteiger partial charge in [0.1, 0.15) is 0 Å². The van der Waals surface area contributed by atoms with Gasteiger partial charge < -0.3 is 10.6 Å². The Morgan fingerprint density at radius 1 is 1.42 bits per heavy atom. The highest BCUT2D eigenvalue weighted by Crippen LogP contribution is 2.17. The first-order valence-corrected chi connectivity index (χ1v) is 9.11. The van der Waals surface area contributed by atoms with Crippen molar-refractivity contribution in [1.29, 1.82) is 0 Å². The summed E-state index contributed by atoms with van der Waals surface area (Å²) in [5.41, 5.74) is -0.305. The molecule has 0 bridgehead atoms. The molecule has 0 saturated carbocycles. The predicted octanol–water partition coefficient (Wildman–Crippen LogP) is 0.131. The van der Waals surface area contributed by atoms with Crippen molar-refractivity contribution < 1.29 is 18.1 Å². The summed E-state index contributed by atoms with van der Waals surface area (Å²) in [6.45, 7) is 1.58. The highest BCUT2D eigenvalue weighted by Gasteiger charge is 2.19. The Bertz CT molecular complexity index is 701. The summed E-state index contributed by atoms with van der Waals surface area (Å²) >= 11 is 0. The molecule has 1 saturated heterocycles. The van der Waals surface area contributed by atoms with Crippen molar-refractivity contribution >= 4 is 21.6 Å². The zero-order valence-corrected chi connectivity index (χ0v) is 13.8. The van der Waals surface area contributed by atoms with Gasteiger partial charge in [0.05, 0.1) is 9.82 Å². The van der Waals surface area contributed by atoms with Crippen molar-refractivity contribution in [2.24, 2.45) is 0 Å². The van der Waals surface area contributed by atoms with E-state index in [1.165, 1.54) is 18.2 Å². The summed E-state index contributed by atoms with van der Waals surface area (Å²) in [5.74, 6) is -0.231. The van der Waals surface area contributed by atoms with Gasteiger partial charge in [0, 0.05) is 37.7 Å². The second-order valence-corrected chi connectivity index (χ2v) is 7.28. The number of rotatable bonds is 7. The zero-order valence-electron chi connectivity index (χ0n) is 13.0. The predicted molar refractivity (Wildman–Crippen MR) is 86.9 cm³/mol. The van der Waals surface area contributed by atoms with Gasteiger partial charge in [-0.2, -0.15) is 0 Å². The third-order valence-corrected chi connectivity index (χ3v) is 5.10. The molecule has 1 heterocycles. The van der Waals surface area contributed by atoms with Gasteiger partial charge in [-0.25, -0.2) is 13.1 Å². The number of carbonyl (C=O) groups excluding carboxylic acids is 1. The number of benzene rings is 1. The first-order valence-electron chi connectivity index (χ1n) is 7.63. The highest BCUT2D eigenvalue weighted by molar-refractivity contribution is 7.89. The maximum absolute atomic E-state index is 12.1. The summed E-state index contributed by atoms with van der Waals surface area (Å²) < 4.78 is 26.5. The third kappa shape index (κ3) is 5.25. The fraction of sp³-hybridized carbons (Fsp3) is 0.500. The standard InChI is InChI=1S/C14H20N4O5S/c19-14(17-11-3-2-7-15-10-11)6-8-16-24(22,23)13-5-1-4-12(9-13)18(20)21/h1,4-5,9,11,15-16H,2-3,6-8,10H2,(H,17,19)/t11-/m0/s1. The van der Waals surface area contributed by atoms with Crippen LogP contribution in [0.15, 0.2) is 29.2 Å². The first kappa shape index (κ1) is 18.3. The molecule has 3 N–H and O–H groups in total. The van der Waals surface area contributed by atoms with Crippen LogP contribution in [0.5, 0.6) is 0 Å². The quantitative estimate of drug-likeness (QED) is 0.470. The summed E-state index contributed by atoms with van der Waals surface area (Å²) in [5, 5.41) is 16.7. The van der Waals surface area contributed by atoms with E-state index >= 15 is 0 Å². The monoisotopic (exact) mass is 356 g/mol. The lowest BCUT2D eigenvalue weighted by molar-refractivity contribution is -0.385. The van der Waals surface area contributed by atoms with Crippen molar-refractivity contribution in [3.8, 4) is 0 Å². The number of hydrogen-bond acceptors (Lipinski definition) is 6. The molecule has 0 radical (unpaired) electrons. The molecule has 0 spiro atoms.